The summed E-state index contributed by atoms with van der Waals surface area (Å²) in [7, 11) is 0. The van der Waals surface area contributed by atoms with Gasteiger partial charge in [-0.3, -0.25) is 4.79 Å². The molecule has 0 N–H and O–H groups in total. The highest BCUT2D eigenvalue weighted by Gasteiger charge is 2.20. The van der Waals surface area contributed by atoms with Crippen LogP contribution in [0.4, 0.5) is 0 Å². The Bertz CT molecular complexity index is 700. The minimum absolute atomic E-state index is 0.0861. The normalized spacial score (nSPS) is 11.1. The van der Waals surface area contributed by atoms with E-state index in [1.54, 1.807) is 30.3 Å². The molecule has 0 saturated carbocycles. The van der Waals surface area contributed by atoms with Crippen LogP contribution in [0.15, 0.2) is 53.0 Å². The maximum Gasteiger partial charge on any atom is 0.339 e. The van der Waals surface area contributed by atoms with Crippen LogP contribution in [0.5, 0.6) is 0 Å². The van der Waals surface area contributed by atoms with E-state index in [9.17, 15) is 9.59 Å². The number of carbonyl (C=O) groups is 2. The van der Waals surface area contributed by atoms with Crippen molar-refractivity contribution in [2.24, 2.45) is 0 Å². The second kappa shape index (κ2) is 6.44. The summed E-state index contributed by atoms with van der Waals surface area (Å²) in [6, 6.07) is 13.9. The molecule has 0 saturated heterocycles. The number of rotatable bonds is 3. The maximum absolute atomic E-state index is 12.4. The number of esters is 1. The molecule has 0 unspecified atom stereocenters. The standard InChI is InChI=1S/C18H17BrO3/c1-18(2,3)22-17(21)14-10-9-13(11-15(14)19)16(20)12-7-5-4-6-8-12/h4-11H,1-3H3. The number of halogens is 1. The van der Waals surface area contributed by atoms with Crippen molar-refractivity contribution in [3.8, 4) is 0 Å². The van der Waals surface area contributed by atoms with Gasteiger partial charge in [0.25, 0.3) is 0 Å². The number of ketones is 1. The Morgan fingerprint density at radius 3 is 2.14 bits per heavy atom. The zero-order valence-corrected chi connectivity index (χ0v) is 14.3. The Labute approximate surface area is 138 Å². The van der Waals surface area contributed by atoms with Crippen LogP contribution in [0.25, 0.3) is 0 Å². The fourth-order valence-corrected chi connectivity index (χ4v) is 2.45. The van der Waals surface area contributed by atoms with Gasteiger partial charge in [-0.1, -0.05) is 36.4 Å². The smallest absolute Gasteiger partial charge is 0.339 e. The average molecular weight is 361 g/mol. The van der Waals surface area contributed by atoms with E-state index in [4.69, 9.17) is 4.74 Å². The van der Waals surface area contributed by atoms with Crippen molar-refractivity contribution < 1.29 is 14.3 Å². The number of benzene rings is 2. The van der Waals surface area contributed by atoms with Crippen LogP contribution in [-0.4, -0.2) is 17.4 Å². The molecule has 0 radical (unpaired) electrons. The Kier molecular flexibility index (Phi) is 4.81. The van der Waals surface area contributed by atoms with Gasteiger partial charge >= 0.3 is 5.97 Å². The van der Waals surface area contributed by atoms with Crippen molar-refractivity contribution in [3.63, 3.8) is 0 Å². The summed E-state index contributed by atoms with van der Waals surface area (Å²) in [6.07, 6.45) is 0. The molecule has 0 aliphatic heterocycles. The molecule has 3 nitrogen and oxygen atoms in total. The van der Waals surface area contributed by atoms with Gasteiger partial charge in [0.15, 0.2) is 5.78 Å². The van der Waals surface area contributed by atoms with Crippen molar-refractivity contribution in [2.75, 3.05) is 0 Å². The molecule has 0 bridgehead atoms. The number of hydrogen-bond donors (Lipinski definition) is 0. The molecule has 0 spiro atoms. The van der Waals surface area contributed by atoms with Gasteiger partial charge in [0.05, 0.1) is 5.56 Å². The van der Waals surface area contributed by atoms with E-state index in [2.05, 4.69) is 15.9 Å². The van der Waals surface area contributed by atoms with Gasteiger partial charge in [-0.25, -0.2) is 4.79 Å². The lowest BCUT2D eigenvalue weighted by molar-refractivity contribution is 0.00683. The lowest BCUT2D eigenvalue weighted by Gasteiger charge is -2.20. The van der Waals surface area contributed by atoms with E-state index in [1.807, 2.05) is 39.0 Å². The van der Waals surface area contributed by atoms with Gasteiger partial charge < -0.3 is 4.74 Å². The summed E-state index contributed by atoms with van der Waals surface area (Å²) in [5.74, 6) is -0.505. The third-order valence-corrected chi connectivity index (χ3v) is 3.54. The summed E-state index contributed by atoms with van der Waals surface area (Å²) in [4.78, 5) is 24.5. The fraction of sp³-hybridized carbons (Fsp3) is 0.222. The van der Waals surface area contributed by atoms with Crippen molar-refractivity contribution in [2.45, 2.75) is 26.4 Å². The van der Waals surface area contributed by atoms with Crippen LogP contribution in [0, 0.1) is 0 Å². The summed E-state index contributed by atoms with van der Waals surface area (Å²) in [6.45, 7) is 5.43. The minimum atomic E-state index is -0.560. The molecule has 0 atom stereocenters. The molecule has 0 fully saturated rings. The molecular weight excluding hydrogens is 344 g/mol. The van der Waals surface area contributed by atoms with Crippen LogP contribution < -0.4 is 0 Å². The van der Waals surface area contributed by atoms with E-state index in [0.717, 1.165) is 0 Å². The SMILES string of the molecule is CC(C)(C)OC(=O)c1ccc(C(=O)c2ccccc2)cc1Br. The molecule has 2 aromatic rings. The Morgan fingerprint density at radius 1 is 0.955 bits per heavy atom. The third kappa shape index (κ3) is 4.04. The highest BCUT2D eigenvalue weighted by molar-refractivity contribution is 9.10. The molecule has 2 aromatic carbocycles. The second-order valence-electron chi connectivity index (χ2n) is 5.89. The lowest BCUT2D eigenvalue weighted by atomic mass is 10.0. The molecular formula is C18H17BrO3. The molecule has 22 heavy (non-hydrogen) atoms. The molecule has 0 aliphatic carbocycles. The fourth-order valence-electron chi connectivity index (χ4n) is 1.91. The predicted octanol–water partition coefficient (Wildman–Crippen LogP) is 4.64. The van der Waals surface area contributed by atoms with Crippen LogP contribution in [0.1, 0.15) is 47.1 Å². The topological polar surface area (TPSA) is 43.4 Å². The second-order valence-corrected chi connectivity index (χ2v) is 6.75. The van der Waals surface area contributed by atoms with E-state index >= 15 is 0 Å². The summed E-state index contributed by atoms with van der Waals surface area (Å²) in [5, 5.41) is 0. The summed E-state index contributed by atoms with van der Waals surface area (Å²) < 4.78 is 5.88. The van der Waals surface area contributed by atoms with Crippen molar-refractivity contribution in [1.82, 2.24) is 0 Å². The van der Waals surface area contributed by atoms with Gasteiger partial charge in [-0.15, -0.1) is 0 Å². The van der Waals surface area contributed by atoms with Crippen LogP contribution in [0.2, 0.25) is 0 Å². The van der Waals surface area contributed by atoms with Gasteiger partial charge in [0.2, 0.25) is 0 Å². The highest BCUT2D eigenvalue weighted by Crippen LogP contribution is 2.23. The Morgan fingerprint density at radius 2 is 1.59 bits per heavy atom. The van der Waals surface area contributed by atoms with Gasteiger partial charge in [0, 0.05) is 15.6 Å². The van der Waals surface area contributed by atoms with Crippen molar-refractivity contribution in [3.05, 3.63) is 69.7 Å². The molecule has 2 rings (SSSR count). The van der Waals surface area contributed by atoms with Crippen LogP contribution >= 0.6 is 15.9 Å². The first-order chi connectivity index (χ1) is 10.3. The highest BCUT2D eigenvalue weighted by atomic mass is 79.9. The summed E-state index contributed by atoms with van der Waals surface area (Å²) in [5.41, 5.74) is 0.971. The van der Waals surface area contributed by atoms with Crippen molar-refractivity contribution >= 4 is 27.7 Å². The number of carbonyl (C=O) groups excluding carboxylic acids is 2. The maximum atomic E-state index is 12.4. The zero-order chi connectivity index (χ0) is 16.3. The van der Waals surface area contributed by atoms with E-state index < -0.39 is 11.6 Å². The van der Waals surface area contributed by atoms with Gasteiger partial charge in [0.1, 0.15) is 5.60 Å². The summed E-state index contributed by atoms with van der Waals surface area (Å²) >= 11 is 3.34. The minimum Gasteiger partial charge on any atom is -0.456 e. The molecule has 4 heteroatoms. The van der Waals surface area contributed by atoms with Crippen molar-refractivity contribution in [1.29, 1.82) is 0 Å². The molecule has 0 aliphatic rings. The predicted molar refractivity (Wildman–Crippen MR) is 89.2 cm³/mol. The van der Waals surface area contributed by atoms with Crippen LogP contribution in [0.3, 0.4) is 0 Å². The molecule has 0 aromatic heterocycles. The van der Waals surface area contributed by atoms with Gasteiger partial charge in [-0.05, 0) is 48.8 Å². The Balaban J connectivity index is 2.27. The monoisotopic (exact) mass is 360 g/mol. The van der Waals surface area contributed by atoms with Crippen LogP contribution in [-0.2, 0) is 4.74 Å². The first-order valence-corrected chi connectivity index (χ1v) is 7.70. The molecule has 0 heterocycles. The molecule has 114 valence electrons. The largest absolute Gasteiger partial charge is 0.456 e. The third-order valence-electron chi connectivity index (χ3n) is 2.89. The zero-order valence-electron chi connectivity index (χ0n) is 12.7. The quantitative estimate of drug-likeness (QED) is 0.591. The van der Waals surface area contributed by atoms with Gasteiger partial charge in [-0.2, -0.15) is 0 Å². The Hall–Kier alpha value is -1.94. The lowest BCUT2D eigenvalue weighted by Crippen LogP contribution is -2.24. The van der Waals surface area contributed by atoms with E-state index in [-0.39, 0.29) is 5.78 Å². The van der Waals surface area contributed by atoms with E-state index in [1.165, 1.54) is 0 Å². The molecule has 0 amide bonds. The van der Waals surface area contributed by atoms with E-state index in [0.29, 0.717) is 21.2 Å². The first kappa shape index (κ1) is 16.4. The first-order valence-electron chi connectivity index (χ1n) is 6.90. The number of hydrogen-bond acceptors (Lipinski definition) is 3. The average Bonchev–Trinajstić information content (AvgIpc) is 2.45. The number of ether oxygens (including phenoxy) is 1.